The van der Waals surface area contributed by atoms with Crippen LogP contribution in [0.4, 0.5) is 18.0 Å². The summed E-state index contributed by atoms with van der Waals surface area (Å²) < 4.78 is 44.9. The molecule has 1 saturated heterocycles. The highest BCUT2D eigenvalue weighted by Gasteiger charge is 2.60. The van der Waals surface area contributed by atoms with Crippen LogP contribution in [-0.4, -0.2) is 63.9 Å². The van der Waals surface area contributed by atoms with Gasteiger partial charge in [-0.15, -0.1) is 0 Å². The van der Waals surface area contributed by atoms with E-state index in [1.165, 1.54) is 0 Å². The average Bonchev–Trinajstić information content (AvgIpc) is 3.20. The van der Waals surface area contributed by atoms with Crippen LogP contribution in [0.2, 0.25) is 0 Å². The highest BCUT2D eigenvalue weighted by Crippen LogP contribution is 2.45. The molecule has 170 valence electrons. The number of hydrogen-bond donors (Lipinski definition) is 2. The lowest BCUT2D eigenvalue weighted by atomic mass is 9.80. The lowest BCUT2D eigenvalue weighted by Crippen LogP contribution is -2.60. The van der Waals surface area contributed by atoms with Crippen LogP contribution in [0.3, 0.4) is 0 Å². The van der Waals surface area contributed by atoms with Crippen molar-refractivity contribution in [2.45, 2.75) is 56.4 Å². The lowest BCUT2D eigenvalue weighted by Gasteiger charge is -2.44. The van der Waals surface area contributed by atoms with Gasteiger partial charge < -0.3 is 19.8 Å². The number of hydrogen-bond acceptors (Lipinski definition) is 5. The molecule has 1 heterocycles. The summed E-state index contributed by atoms with van der Waals surface area (Å²) in [6, 6.07) is 8.70. The molecule has 1 aromatic rings. The Morgan fingerprint density at radius 3 is 2.26 bits per heavy atom. The first-order valence-electron chi connectivity index (χ1n) is 10.0. The van der Waals surface area contributed by atoms with E-state index in [2.05, 4.69) is 0 Å². The van der Waals surface area contributed by atoms with Gasteiger partial charge in [0.25, 0.3) is 5.78 Å². The maximum atomic E-state index is 13.2. The maximum Gasteiger partial charge on any atom is 0.451 e. The minimum Gasteiger partial charge on any atom is -0.465 e. The molecule has 2 fully saturated rings. The van der Waals surface area contributed by atoms with Gasteiger partial charge in [0, 0.05) is 13.0 Å². The lowest BCUT2D eigenvalue weighted by molar-refractivity contribution is -0.200. The van der Waals surface area contributed by atoms with Crippen molar-refractivity contribution in [1.82, 2.24) is 4.90 Å². The summed E-state index contributed by atoms with van der Waals surface area (Å²) in [7, 11) is 0. The summed E-state index contributed by atoms with van der Waals surface area (Å²) in [5, 5.41) is 20.6. The quantitative estimate of drug-likeness (QED) is 0.536. The number of rotatable bonds is 5. The van der Waals surface area contributed by atoms with Crippen LogP contribution in [0.15, 0.2) is 30.3 Å². The van der Waals surface area contributed by atoms with Gasteiger partial charge in [-0.3, -0.25) is 9.59 Å². The van der Waals surface area contributed by atoms with Gasteiger partial charge in [-0.2, -0.15) is 13.2 Å². The molecule has 1 aliphatic heterocycles. The Hall–Kier alpha value is -2.62. The number of carbonyl (C=O) groups is 3. The number of likely N-dealkylation sites (tertiary alicyclic amines) is 1. The molecule has 2 aliphatic rings. The number of ketones is 1. The predicted molar refractivity (Wildman–Crippen MR) is 101 cm³/mol. The second-order valence-corrected chi connectivity index (χ2v) is 8.25. The van der Waals surface area contributed by atoms with Crippen molar-refractivity contribution in [1.29, 1.82) is 0 Å². The zero-order valence-electron chi connectivity index (χ0n) is 16.7. The van der Waals surface area contributed by atoms with Crippen molar-refractivity contribution in [3.8, 4) is 0 Å². The normalized spacial score (nSPS) is 25.8. The number of ether oxygens (including phenoxy) is 1. The van der Waals surface area contributed by atoms with E-state index < -0.39 is 47.7 Å². The number of carboxylic acid groups (broad SMARTS) is 1. The Morgan fingerprint density at radius 1 is 1.10 bits per heavy atom. The summed E-state index contributed by atoms with van der Waals surface area (Å²) in [6.45, 7) is -0.431. The van der Waals surface area contributed by atoms with Crippen molar-refractivity contribution in [2.24, 2.45) is 5.41 Å². The molecule has 2 unspecified atom stereocenters. The molecule has 1 aliphatic carbocycles. The number of alkyl halides is 3. The molecular weight excluding hydrogens is 419 g/mol. The van der Waals surface area contributed by atoms with Gasteiger partial charge in [0.15, 0.2) is 0 Å². The first-order chi connectivity index (χ1) is 14.5. The van der Waals surface area contributed by atoms with Gasteiger partial charge in [0.1, 0.15) is 17.1 Å². The van der Waals surface area contributed by atoms with Gasteiger partial charge in [-0.1, -0.05) is 43.2 Å². The third kappa shape index (κ3) is 4.68. The largest absolute Gasteiger partial charge is 0.465 e. The smallest absolute Gasteiger partial charge is 0.451 e. The molecule has 0 radical (unpaired) electrons. The number of esters is 1. The minimum absolute atomic E-state index is 0.0134. The zero-order valence-corrected chi connectivity index (χ0v) is 16.7. The van der Waals surface area contributed by atoms with Crippen LogP contribution in [0.5, 0.6) is 0 Å². The SMILES string of the molecule is O=C(O)N1CCC(O)(Cc2ccccc2)C(OC(=O)C2(C(=O)C(F)(F)F)CCCC2)C1. The van der Waals surface area contributed by atoms with Crippen LogP contribution in [0.25, 0.3) is 0 Å². The van der Waals surface area contributed by atoms with Crippen molar-refractivity contribution < 1.29 is 42.5 Å². The molecule has 0 aromatic heterocycles. The number of piperidine rings is 1. The van der Waals surface area contributed by atoms with Crippen molar-refractivity contribution in [2.75, 3.05) is 13.1 Å². The van der Waals surface area contributed by atoms with E-state index in [1.54, 1.807) is 30.3 Å². The molecule has 0 spiro atoms. The Morgan fingerprint density at radius 2 is 1.71 bits per heavy atom. The molecule has 1 aromatic carbocycles. The molecule has 1 saturated carbocycles. The van der Waals surface area contributed by atoms with Gasteiger partial charge in [-0.25, -0.2) is 4.79 Å². The second-order valence-electron chi connectivity index (χ2n) is 8.25. The number of amides is 1. The number of Topliss-reactive ketones (excluding diaryl/α,β-unsaturated/α-hetero) is 1. The van der Waals surface area contributed by atoms with E-state index in [0.29, 0.717) is 5.56 Å². The summed E-state index contributed by atoms with van der Waals surface area (Å²) in [5.41, 5.74) is -3.35. The molecule has 31 heavy (non-hydrogen) atoms. The number of benzene rings is 1. The summed E-state index contributed by atoms with van der Waals surface area (Å²) in [6.07, 6.45) is -8.05. The molecule has 3 rings (SSSR count). The molecule has 7 nitrogen and oxygen atoms in total. The highest BCUT2D eigenvalue weighted by molar-refractivity contribution is 6.06. The van der Waals surface area contributed by atoms with E-state index in [9.17, 15) is 37.8 Å². The number of carbonyl (C=O) groups excluding carboxylic acids is 2. The third-order valence-corrected chi connectivity index (χ3v) is 6.21. The Kier molecular flexibility index (Phi) is 6.31. The van der Waals surface area contributed by atoms with Crippen molar-refractivity contribution >= 4 is 17.8 Å². The van der Waals surface area contributed by atoms with E-state index in [1.807, 2.05) is 0 Å². The molecule has 10 heteroatoms. The summed E-state index contributed by atoms with van der Waals surface area (Å²) >= 11 is 0. The molecule has 2 N–H and O–H groups in total. The third-order valence-electron chi connectivity index (χ3n) is 6.21. The van der Waals surface area contributed by atoms with Crippen LogP contribution in [0, 0.1) is 5.41 Å². The van der Waals surface area contributed by atoms with Gasteiger partial charge >= 0.3 is 18.2 Å². The first-order valence-corrected chi connectivity index (χ1v) is 10.0. The topological polar surface area (TPSA) is 104 Å². The maximum absolute atomic E-state index is 13.2. The van der Waals surface area contributed by atoms with E-state index >= 15 is 0 Å². The van der Waals surface area contributed by atoms with Gasteiger partial charge in [0.2, 0.25) is 0 Å². The van der Waals surface area contributed by atoms with E-state index in [-0.39, 0.29) is 45.1 Å². The Labute approximate surface area is 176 Å². The van der Waals surface area contributed by atoms with Crippen LogP contribution in [0.1, 0.15) is 37.7 Å². The summed E-state index contributed by atoms with van der Waals surface area (Å²) in [4.78, 5) is 37.4. The fraction of sp³-hybridized carbons (Fsp3) is 0.571. The molecular formula is C21H24F3NO6. The number of halogens is 3. The standard InChI is InChI=1S/C21H24F3NO6/c22-21(23,24)16(26)19(8-4-5-9-19)17(27)31-15-13-25(18(28)29)11-10-20(15,30)12-14-6-2-1-3-7-14/h1-3,6-7,15,30H,4-5,8-13H2,(H,28,29). The van der Waals surface area contributed by atoms with Crippen LogP contribution in [-0.2, 0) is 20.7 Å². The van der Waals surface area contributed by atoms with E-state index in [0.717, 1.165) is 4.90 Å². The molecule has 1 amide bonds. The molecule has 2 atom stereocenters. The Balaban J connectivity index is 1.88. The monoisotopic (exact) mass is 443 g/mol. The van der Waals surface area contributed by atoms with Crippen molar-refractivity contribution in [3.63, 3.8) is 0 Å². The summed E-state index contributed by atoms with van der Waals surface area (Å²) in [5.74, 6) is -3.50. The fourth-order valence-corrected chi connectivity index (χ4v) is 4.44. The minimum atomic E-state index is -5.20. The average molecular weight is 443 g/mol. The number of nitrogens with zero attached hydrogens (tertiary/aromatic N) is 1. The zero-order chi connectivity index (χ0) is 22.9. The van der Waals surface area contributed by atoms with Gasteiger partial charge in [-0.05, 0) is 24.8 Å². The van der Waals surface area contributed by atoms with Crippen LogP contribution >= 0.6 is 0 Å². The first kappa shape index (κ1) is 23.1. The number of aliphatic hydroxyl groups is 1. The van der Waals surface area contributed by atoms with Gasteiger partial charge in [0.05, 0.1) is 6.54 Å². The highest BCUT2D eigenvalue weighted by atomic mass is 19.4. The molecule has 0 bridgehead atoms. The fourth-order valence-electron chi connectivity index (χ4n) is 4.44. The Bertz CT molecular complexity index is 837. The van der Waals surface area contributed by atoms with Crippen LogP contribution < -0.4 is 0 Å². The van der Waals surface area contributed by atoms with E-state index in [4.69, 9.17) is 4.74 Å². The second kappa shape index (κ2) is 8.49. The van der Waals surface area contributed by atoms with Crippen molar-refractivity contribution in [3.05, 3.63) is 35.9 Å². The predicted octanol–water partition coefficient (Wildman–Crippen LogP) is 2.95.